The van der Waals surface area contributed by atoms with E-state index in [0.717, 1.165) is 19.4 Å². The molecule has 0 spiro atoms. The molecule has 2 heterocycles. The maximum atomic E-state index is 12.1. The maximum absolute atomic E-state index is 12.1. The second-order valence-corrected chi connectivity index (χ2v) is 4.86. The van der Waals surface area contributed by atoms with E-state index in [4.69, 9.17) is 4.84 Å². The highest BCUT2D eigenvalue weighted by Gasteiger charge is 2.34. The number of hydroxylamine groups is 2. The summed E-state index contributed by atoms with van der Waals surface area (Å²) in [5.74, 6) is -0.296. The average Bonchev–Trinajstić information content (AvgIpc) is 2.48. The highest BCUT2D eigenvalue weighted by molar-refractivity contribution is 5.89. The zero-order valence-electron chi connectivity index (χ0n) is 10.7. The lowest BCUT2D eigenvalue weighted by atomic mass is 9.97. The van der Waals surface area contributed by atoms with Gasteiger partial charge in [0.2, 0.25) is 0 Å². The van der Waals surface area contributed by atoms with E-state index in [2.05, 4.69) is 10.3 Å². The Balaban J connectivity index is 1.69. The summed E-state index contributed by atoms with van der Waals surface area (Å²) >= 11 is 0. The molecule has 1 aromatic carbocycles. The number of aliphatic imine (C=N–C) groups is 1. The van der Waals surface area contributed by atoms with Crippen LogP contribution in [0.3, 0.4) is 0 Å². The van der Waals surface area contributed by atoms with Gasteiger partial charge < -0.3 is 10.2 Å². The molecule has 1 fully saturated rings. The summed E-state index contributed by atoms with van der Waals surface area (Å²) < 4.78 is 0. The Morgan fingerprint density at radius 1 is 1.37 bits per heavy atom. The second-order valence-electron chi connectivity index (χ2n) is 4.86. The van der Waals surface area contributed by atoms with Gasteiger partial charge in [0.25, 0.3) is 0 Å². The van der Waals surface area contributed by atoms with E-state index in [0.29, 0.717) is 18.2 Å². The molecule has 19 heavy (non-hydrogen) atoms. The van der Waals surface area contributed by atoms with Crippen molar-refractivity contribution in [1.82, 2.24) is 10.4 Å². The normalized spacial score (nSPS) is 26.3. The summed E-state index contributed by atoms with van der Waals surface area (Å²) in [5, 5.41) is 5.02. The highest BCUT2D eigenvalue weighted by Crippen LogP contribution is 2.20. The quantitative estimate of drug-likeness (QED) is 0.867. The minimum absolute atomic E-state index is 0.145. The number of carbonyl (C=O) groups excluding carboxylic acids is 1. The minimum atomic E-state index is -0.296. The van der Waals surface area contributed by atoms with Crippen molar-refractivity contribution in [3.63, 3.8) is 0 Å². The van der Waals surface area contributed by atoms with E-state index >= 15 is 0 Å². The number of nitrogens with one attached hydrogen (secondary N) is 1. The van der Waals surface area contributed by atoms with Gasteiger partial charge in [-0.3, -0.25) is 4.99 Å². The molecular weight excluding hydrogens is 242 g/mol. The molecule has 2 aliphatic rings. The summed E-state index contributed by atoms with van der Waals surface area (Å²) in [7, 11) is 0. The number of fused-ring (bicyclic) bond motifs is 1. The number of piperidine rings is 1. The van der Waals surface area contributed by atoms with Crippen molar-refractivity contribution >= 4 is 12.3 Å². The molecule has 100 valence electrons. The molecule has 1 saturated heterocycles. The standard InChI is InChI=1S/C14H17N3O2/c18-14(11-5-2-1-3-6-11)19-17-8-4-7-12-13(17)9-15-10-16-12/h1-3,5-6,10,12-13H,4,7-9H2,(H,15,16). The first-order chi connectivity index (χ1) is 9.34. The van der Waals surface area contributed by atoms with Gasteiger partial charge in [-0.25, -0.2) is 4.79 Å². The Kier molecular flexibility index (Phi) is 3.46. The lowest BCUT2D eigenvalue weighted by Crippen LogP contribution is -2.57. The smallest absolute Gasteiger partial charge is 0.357 e. The molecule has 2 aliphatic heterocycles. The molecule has 5 heteroatoms. The monoisotopic (exact) mass is 259 g/mol. The van der Waals surface area contributed by atoms with Crippen molar-refractivity contribution in [2.45, 2.75) is 24.9 Å². The fourth-order valence-electron chi connectivity index (χ4n) is 2.59. The first-order valence-corrected chi connectivity index (χ1v) is 6.63. The number of hydrogen-bond donors (Lipinski definition) is 1. The van der Waals surface area contributed by atoms with Gasteiger partial charge >= 0.3 is 5.97 Å². The van der Waals surface area contributed by atoms with E-state index in [9.17, 15) is 4.79 Å². The van der Waals surface area contributed by atoms with Gasteiger partial charge in [0, 0.05) is 12.6 Å². The predicted molar refractivity (Wildman–Crippen MR) is 71.9 cm³/mol. The summed E-state index contributed by atoms with van der Waals surface area (Å²) in [4.78, 5) is 21.8. The molecule has 1 aromatic rings. The molecule has 3 rings (SSSR count). The number of carbonyl (C=O) groups is 1. The fourth-order valence-corrected chi connectivity index (χ4v) is 2.59. The van der Waals surface area contributed by atoms with Crippen molar-refractivity contribution in [2.24, 2.45) is 4.99 Å². The van der Waals surface area contributed by atoms with E-state index in [1.807, 2.05) is 18.2 Å². The van der Waals surface area contributed by atoms with E-state index in [-0.39, 0.29) is 12.0 Å². The molecule has 0 aliphatic carbocycles. The van der Waals surface area contributed by atoms with Crippen LogP contribution in [-0.2, 0) is 4.84 Å². The average molecular weight is 259 g/mol. The third kappa shape index (κ3) is 2.61. The largest absolute Gasteiger partial charge is 0.372 e. The number of hydrogen-bond acceptors (Lipinski definition) is 5. The van der Waals surface area contributed by atoms with E-state index in [1.54, 1.807) is 23.5 Å². The fraction of sp³-hybridized carbons (Fsp3) is 0.429. The van der Waals surface area contributed by atoms with Crippen LogP contribution in [0.25, 0.3) is 0 Å². The summed E-state index contributed by atoms with van der Waals surface area (Å²) in [5.41, 5.74) is 0.580. The summed E-state index contributed by atoms with van der Waals surface area (Å²) in [6, 6.07) is 9.56. The lowest BCUT2D eigenvalue weighted by Gasteiger charge is -2.40. The van der Waals surface area contributed by atoms with Crippen LogP contribution in [0.4, 0.5) is 0 Å². The molecular formula is C14H17N3O2. The van der Waals surface area contributed by atoms with Gasteiger partial charge in [-0.2, -0.15) is 0 Å². The van der Waals surface area contributed by atoms with Crippen molar-refractivity contribution in [3.8, 4) is 0 Å². The molecule has 2 unspecified atom stereocenters. The zero-order chi connectivity index (χ0) is 13.1. The molecule has 1 N–H and O–H groups in total. The molecule has 0 saturated carbocycles. The second kappa shape index (κ2) is 5.40. The van der Waals surface area contributed by atoms with Crippen LogP contribution in [0.5, 0.6) is 0 Å². The Labute approximate surface area is 112 Å². The summed E-state index contributed by atoms with van der Waals surface area (Å²) in [6.45, 7) is 1.46. The maximum Gasteiger partial charge on any atom is 0.357 e. The van der Waals surface area contributed by atoms with Crippen LogP contribution in [0.2, 0.25) is 0 Å². The van der Waals surface area contributed by atoms with Gasteiger partial charge in [0.15, 0.2) is 0 Å². The SMILES string of the molecule is O=C(ON1CCCC2NC=NCC21)c1ccccc1. The molecule has 5 nitrogen and oxygen atoms in total. The van der Waals surface area contributed by atoms with Crippen LogP contribution < -0.4 is 5.32 Å². The van der Waals surface area contributed by atoms with Gasteiger partial charge in [0.1, 0.15) is 0 Å². The van der Waals surface area contributed by atoms with Crippen LogP contribution in [-0.4, -0.2) is 42.5 Å². The van der Waals surface area contributed by atoms with Crippen LogP contribution >= 0.6 is 0 Å². The molecule has 0 radical (unpaired) electrons. The van der Waals surface area contributed by atoms with Crippen molar-refractivity contribution < 1.29 is 9.63 Å². The minimum Gasteiger partial charge on any atom is -0.372 e. The Hall–Kier alpha value is -1.88. The van der Waals surface area contributed by atoms with Crippen LogP contribution in [0, 0.1) is 0 Å². The lowest BCUT2D eigenvalue weighted by molar-refractivity contribution is -0.155. The third-order valence-electron chi connectivity index (χ3n) is 3.61. The van der Waals surface area contributed by atoms with E-state index in [1.165, 1.54) is 0 Å². The summed E-state index contributed by atoms with van der Waals surface area (Å²) in [6.07, 6.45) is 3.86. The van der Waals surface area contributed by atoms with Gasteiger partial charge in [-0.1, -0.05) is 18.2 Å². The number of nitrogens with zero attached hydrogens (tertiary/aromatic N) is 2. The van der Waals surface area contributed by atoms with Crippen molar-refractivity contribution in [3.05, 3.63) is 35.9 Å². The van der Waals surface area contributed by atoms with Crippen molar-refractivity contribution in [2.75, 3.05) is 13.1 Å². The number of benzene rings is 1. The molecule has 0 aromatic heterocycles. The topological polar surface area (TPSA) is 53.9 Å². The first-order valence-electron chi connectivity index (χ1n) is 6.63. The van der Waals surface area contributed by atoms with Crippen LogP contribution in [0.1, 0.15) is 23.2 Å². The highest BCUT2D eigenvalue weighted by atomic mass is 16.7. The van der Waals surface area contributed by atoms with Gasteiger partial charge in [-0.05, 0) is 25.0 Å². The van der Waals surface area contributed by atoms with Crippen molar-refractivity contribution in [1.29, 1.82) is 0 Å². The van der Waals surface area contributed by atoms with E-state index < -0.39 is 0 Å². The Bertz CT molecular complexity index is 475. The van der Waals surface area contributed by atoms with Gasteiger partial charge in [0.05, 0.1) is 24.5 Å². The number of rotatable bonds is 2. The Morgan fingerprint density at radius 2 is 2.21 bits per heavy atom. The zero-order valence-corrected chi connectivity index (χ0v) is 10.7. The predicted octanol–water partition coefficient (Wildman–Crippen LogP) is 1.22. The third-order valence-corrected chi connectivity index (χ3v) is 3.61. The van der Waals surface area contributed by atoms with Crippen LogP contribution in [0.15, 0.2) is 35.3 Å². The Morgan fingerprint density at radius 3 is 3.05 bits per heavy atom. The molecule has 2 atom stereocenters. The molecule has 0 bridgehead atoms. The first kappa shape index (κ1) is 12.2. The molecule has 0 amide bonds. The van der Waals surface area contributed by atoms with Gasteiger partial charge in [-0.15, -0.1) is 5.06 Å².